The summed E-state index contributed by atoms with van der Waals surface area (Å²) in [6.45, 7) is 4.25. The number of imidazole rings is 1. The number of nitrogens with zero attached hydrogens (tertiary/aromatic N) is 2. The maximum Gasteiger partial charge on any atom is 0.138 e. The number of anilines is 1. The van der Waals surface area contributed by atoms with Crippen LogP contribution in [0.25, 0.3) is 5.65 Å². The Morgan fingerprint density at radius 2 is 2.12 bits per heavy atom. The molecule has 0 aliphatic heterocycles. The van der Waals surface area contributed by atoms with Gasteiger partial charge in [0.1, 0.15) is 11.5 Å². The van der Waals surface area contributed by atoms with Crippen LogP contribution in [0.2, 0.25) is 0 Å². The number of nitrogens with two attached hydrogens (primary N) is 1. The first kappa shape index (κ1) is 12.4. The summed E-state index contributed by atoms with van der Waals surface area (Å²) in [6.07, 6.45) is 4.58. The quantitative estimate of drug-likeness (QED) is 0.874. The maximum atomic E-state index is 6.17. The van der Waals surface area contributed by atoms with Crippen molar-refractivity contribution in [2.24, 2.45) is 0 Å². The van der Waals surface area contributed by atoms with E-state index in [2.05, 4.69) is 27.8 Å². The van der Waals surface area contributed by atoms with Gasteiger partial charge in [-0.05, 0) is 47.8 Å². The monoisotopic (exact) mass is 295 g/mol. The summed E-state index contributed by atoms with van der Waals surface area (Å²) in [7, 11) is 0. The third-order valence-corrected chi connectivity index (χ3v) is 3.93. The minimum Gasteiger partial charge on any atom is -0.383 e. The molecule has 0 saturated heterocycles. The zero-order chi connectivity index (χ0) is 12.4. The molecule has 0 saturated carbocycles. The highest BCUT2D eigenvalue weighted by molar-refractivity contribution is 9.10. The molecule has 4 heteroatoms. The van der Waals surface area contributed by atoms with E-state index in [0.717, 1.165) is 40.2 Å². The van der Waals surface area contributed by atoms with Crippen molar-refractivity contribution >= 4 is 27.4 Å². The van der Waals surface area contributed by atoms with E-state index < -0.39 is 0 Å². The predicted octanol–water partition coefficient (Wildman–Crippen LogP) is 3.72. The molecule has 2 rings (SSSR count). The van der Waals surface area contributed by atoms with Crippen molar-refractivity contribution in [3.8, 4) is 0 Å². The van der Waals surface area contributed by atoms with E-state index in [1.165, 1.54) is 12.8 Å². The second-order valence-corrected chi connectivity index (χ2v) is 5.22. The molecule has 0 amide bonds. The molecule has 17 heavy (non-hydrogen) atoms. The van der Waals surface area contributed by atoms with Gasteiger partial charge in [-0.25, -0.2) is 4.98 Å². The number of aromatic nitrogens is 2. The highest BCUT2D eigenvalue weighted by Crippen LogP contribution is 2.24. The minimum atomic E-state index is 0.787. The van der Waals surface area contributed by atoms with Crippen LogP contribution in [-0.2, 0) is 6.42 Å². The van der Waals surface area contributed by atoms with Crippen LogP contribution in [0.5, 0.6) is 0 Å². The molecule has 2 N–H and O–H groups in total. The van der Waals surface area contributed by atoms with E-state index >= 15 is 0 Å². The molecule has 2 aromatic rings. The van der Waals surface area contributed by atoms with Crippen molar-refractivity contribution in [2.45, 2.75) is 39.5 Å². The Labute approximate surface area is 110 Å². The summed E-state index contributed by atoms with van der Waals surface area (Å²) in [4.78, 5) is 4.60. The zero-order valence-corrected chi connectivity index (χ0v) is 11.9. The van der Waals surface area contributed by atoms with Crippen LogP contribution in [-0.4, -0.2) is 9.38 Å². The SMILES string of the molecule is CCCCCc1nc2ccc(Br)c(C)n2c1N. The van der Waals surface area contributed by atoms with Gasteiger partial charge in [0.05, 0.1) is 5.69 Å². The molecule has 0 aliphatic rings. The van der Waals surface area contributed by atoms with E-state index in [1.807, 2.05) is 23.5 Å². The molecule has 0 unspecified atom stereocenters. The normalized spacial score (nSPS) is 11.2. The molecule has 0 radical (unpaired) electrons. The van der Waals surface area contributed by atoms with E-state index in [4.69, 9.17) is 5.73 Å². The van der Waals surface area contributed by atoms with Crippen LogP contribution in [0.15, 0.2) is 16.6 Å². The van der Waals surface area contributed by atoms with Crippen LogP contribution in [0, 0.1) is 6.92 Å². The lowest BCUT2D eigenvalue weighted by atomic mass is 10.1. The molecule has 2 heterocycles. The Bertz CT molecular complexity index is 531. The lowest BCUT2D eigenvalue weighted by molar-refractivity contribution is 0.711. The fourth-order valence-electron chi connectivity index (χ4n) is 2.06. The summed E-state index contributed by atoms with van der Waals surface area (Å²) < 4.78 is 3.08. The van der Waals surface area contributed by atoms with E-state index in [9.17, 15) is 0 Å². The van der Waals surface area contributed by atoms with Crippen LogP contribution >= 0.6 is 15.9 Å². The highest BCUT2D eigenvalue weighted by atomic mass is 79.9. The number of rotatable bonds is 4. The Hall–Kier alpha value is -1.03. The predicted molar refractivity (Wildman–Crippen MR) is 75.3 cm³/mol. The molecule has 0 fully saturated rings. The molecule has 92 valence electrons. The smallest absolute Gasteiger partial charge is 0.138 e. The van der Waals surface area contributed by atoms with Crippen molar-refractivity contribution in [1.82, 2.24) is 9.38 Å². The summed E-state index contributed by atoms with van der Waals surface area (Å²) in [6, 6.07) is 4.02. The molecule has 3 nitrogen and oxygen atoms in total. The lowest BCUT2D eigenvalue weighted by Crippen LogP contribution is -1.99. The first-order chi connectivity index (χ1) is 8.15. The van der Waals surface area contributed by atoms with Crippen molar-refractivity contribution in [3.63, 3.8) is 0 Å². The number of hydrogen-bond donors (Lipinski definition) is 1. The number of unbranched alkanes of at least 4 members (excludes halogenated alkanes) is 2. The van der Waals surface area contributed by atoms with Gasteiger partial charge in [-0.3, -0.25) is 4.40 Å². The molecular formula is C13H18BrN3. The molecule has 0 aliphatic carbocycles. The Morgan fingerprint density at radius 1 is 1.35 bits per heavy atom. The topological polar surface area (TPSA) is 43.3 Å². The van der Waals surface area contributed by atoms with Crippen molar-refractivity contribution in [2.75, 3.05) is 5.73 Å². The van der Waals surface area contributed by atoms with Crippen molar-refractivity contribution < 1.29 is 0 Å². The molecule has 0 aromatic carbocycles. The third kappa shape index (κ3) is 2.32. The Kier molecular flexibility index (Phi) is 3.72. The number of halogens is 1. The standard InChI is InChI=1S/C13H18BrN3/c1-3-4-5-6-11-13(15)17-9(2)10(14)7-8-12(17)16-11/h7-8H,3-6,15H2,1-2H3. The van der Waals surface area contributed by atoms with Gasteiger partial charge in [-0.1, -0.05) is 19.8 Å². The highest BCUT2D eigenvalue weighted by Gasteiger charge is 2.11. The Balaban J connectivity index is 2.39. The van der Waals surface area contributed by atoms with Crippen molar-refractivity contribution in [3.05, 3.63) is 28.0 Å². The minimum absolute atomic E-state index is 0.787. The fourth-order valence-corrected chi connectivity index (χ4v) is 2.37. The zero-order valence-electron chi connectivity index (χ0n) is 10.3. The van der Waals surface area contributed by atoms with Crippen LogP contribution in [0.3, 0.4) is 0 Å². The Morgan fingerprint density at radius 3 is 2.82 bits per heavy atom. The lowest BCUT2D eigenvalue weighted by Gasteiger charge is -2.04. The number of nitrogen functional groups attached to an aromatic ring is 1. The largest absolute Gasteiger partial charge is 0.383 e. The fraction of sp³-hybridized carbons (Fsp3) is 0.462. The summed E-state index contributed by atoms with van der Waals surface area (Å²) in [5, 5.41) is 0. The van der Waals surface area contributed by atoms with Crippen LogP contribution < -0.4 is 5.73 Å². The third-order valence-electron chi connectivity index (χ3n) is 3.09. The first-order valence-corrected chi connectivity index (χ1v) is 6.86. The average molecular weight is 296 g/mol. The van der Waals surface area contributed by atoms with Gasteiger partial charge in [0.15, 0.2) is 0 Å². The number of aryl methyl sites for hydroxylation is 2. The van der Waals surface area contributed by atoms with E-state index in [0.29, 0.717) is 0 Å². The number of hydrogen-bond acceptors (Lipinski definition) is 2. The van der Waals surface area contributed by atoms with Gasteiger partial charge in [0, 0.05) is 10.2 Å². The first-order valence-electron chi connectivity index (χ1n) is 6.07. The second-order valence-electron chi connectivity index (χ2n) is 4.36. The van der Waals surface area contributed by atoms with Gasteiger partial charge in [-0.15, -0.1) is 0 Å². The molecule has 0 spiro atoms. The molecule has 0 bridgehead atoms. The summed E-state index contributed by atoms with van der Waals surface area (Å²) in [5.74, 6) is 0.787. The maximum absolute atomic E-state index is 6.17. The van der Waals surface area contributed by atoms with Gasteiger partial charge in [0.25, 0.3) is 0 Å². The van der Waals surface area contributed by atoms with Gasteiger partial charge in [0.2, 0.25) is 0 Å². The number of pyridine rings is 1. The van der Waals surface area contributed by atoms with E-state index in [1.54, 1.807) is 0 Å². The summed E-state index contributed by atoms with van der Waals surface area (Å²) >= 11 is 3.52. The second kappa shape index (κ2) is 5.08. The van der Waals surface area contributed by atoms with Crippen LogP contribution in [0.1, 0.15) is 37.6 Å². The van der Waals surface area contributed by atoms with Crippen LogP contribution in [0.4, 0.5) is 5.82 Å². The number of fused-ring (bicyclic) bond motifs is 1. The average Bonchev–Trinajstić information content (AvgIpc) is 2.63. The molecular weight excluding hydrogens is 278 g/mol. The van der Waals surface area contributed by atoms with Gasteiger partial charge in [-0.2, -0.15) is 0 Å². The van der Waals surface area contributed by atoms with E-state index in [-0.39, 0.29) is 0 Å². The summed E-state index contributed by atoms with van der Waals surface area (Å²) in [5.41, 5.74) is 9.24. The molecule has 2 aromatic heterocycles. The molecule has 0 atom stereocenters. The van der Waals surface area contributed by atoms with Gasteiger partial charge >= 0.3 is 0 Å². The van der Waals surface area contributed by atoms with Gasteiger partial charge < -0.3 is 5.73 Å². The van der Waals surface area contributed by atoms with Crippen molar-refractivity contribution in [1.29, 1.82) is 0 Å².